The van der Waals surface area contributed by atoms with Crippen LogP contribution in [-0.4, -0.2) is 30.5 Å². The molecule has 0 amide bonds. The quantitative estimate of drug-likeness (QED) is 0.875. The van der Waals surface area contributed by atoms with Gasteiger partial charge in [-0.15, -0.1) is 0 Å². The summed E-state index contributed by atoms with van der Waals surface area (Å²) in [7, 11) is 0. The van der Waals surface area contributed by atoms with Crippen molar-refractivity contribution in [3.8, 4) is 5.75 Å². The third-order valence-corrected chi connectivity index (χ3v) is 3.10. The van der Waals surface area contributed by atoms with Crippen molar-refractivity contribution in [3.05, 3.63) is 29.8 Å². The van der Waals surface area contributed by atoms with Crippen LogP contribution in [0.1, 0.15) is 31.7 Å². The molecular formula is C14H20O3. The molecule has 2 unspecified atom stereocenters. The minimum atomic E-state index is -0.423. The Morgan fingerprint density at radius 2 is 2.00 bits per heavy atom. The van der Waals surface area contributed by atoms with Gasteiger partial charge in [-0.2, -0.15) is 0 Å². The molecule has 1 aliphatic heterocycles. The van der Waals surface area contributed by atoms with E-state index in [2.05, 4.69) is 26.0 Å². The van der Waals surface area contributed by atoms with Gasteiger partial charge in [-0.1, -0.05) is 26.0 Å². The monoisotopic (exact) mass is 236 g/mol. The van der Waals surface area contributed by atoms with E-state index in [0.717, 1.165) is 5.75 Å². The molecule has 0 aliphatic carbocycles. The standard InChI is InChI=1S/C14H20O3/c1-10(2)11-3-5-12(6-4-11)17-14-9-16-8-7-13(14)15/h3-6,10,13-15H,7-9H2,1-2H3. The van der Waals surface area contributed by atoms with Crippen molar-refractivity contribution in [2.24, 2.45) is 0 Å². The first-order chi connectivity index (χ1) is 8.16. The molecule has 1 heterocycles. The third-order valence-electron chi connectivity index (χ3n) is 3.10. The highest BCUT2D eigenvalue weighted by molar-refractivity contribution is 5.29. The van der Waals surface area contributed by atoms with Gasteiger partial charge in [0, 0.05) is 13.0 Å². The Morgan fingerprint density at radius 1 is 1.29 bits per heavy atom. The van der Waals surface area contributed by atoms with E-state index in [9.17, 15) is 5.11 Å². The van der Waals surface area contributed by atoms with Crippen molar-refractivity contribution < 1.29 is 14.6 Å². The molecule has 17 heavy (non-hydrogen) atoms. The fraction of sp³-hybridized carbons (Fsp3) is 0.571. The van der Waals surface area contributed by atoms with E-state index in [0.29, 0.717) is 25.6 Å². The molecule has 1 fully saturated rings. The lowest BCUT2D eigenvalue weighted by Gasteiger charge is -2.28. The molecule has 1 aliphatic rings. The Kier molecular flexibility index (Phi) is 4.02. The zero-order valence-electron chi connectivity index (χ0n) is 10.4. The molecular weight excluding hydrogens is 216 g/mol. The van der Waals surface area contributed by atoms with Crippen LogP contribution < -0.4 is 4.74 Å². The topological polar surface area (TPSA) is 38.7 Å². The molecule has 0 saturated carbocycles. The van der Waals surface area contributed by atoms with Gasteiger partial charge in [-0.05, 0) is 23.6 Å². The highest BCUT2D eigenvalue weighted by Gasteiger charge is 2.25. The minimum Gasteiger partial charge on any atom is -0.485 e. The molecule has 0 spiro atoms. The number of aliphatic hydroxyl groups excluding tert-OH is 1. The van der Waals surface area contributed by atoms with Gasteiger partial charge in [0.15, 0.2) is 0 Å². The molecule has 1 saturated heterocycles. The van der Waals surface area contributed by atoms with Gasteiger partial charge in [0.25, 0.3) is 0 Å². The van der Waals surface area contributed by atoms with Gasteiger partial charge >= 0.3 is 0 Å². The summed E-state index contributed by atoms with van der Waals surface area (Å²) in [5.74, 6) is 1.32. The van der Waals surface area contributed by atoms with Crippen LogP contribution in [0.4, 0.5) is 0 Å². The van der Waals surface area contributed by atoms with Gasteiger partial charge in [0.1, 0.15) is 11.9 Å². The second kappa shape index (κ2) is 5.52. The molecule has 0 radical (unpaired) electrons. The number of hydrogen-bond donors (Lipinski definition) is 1. The Bertz CT molecular complexity index is 345. The second-order valence-electron chi connectivity index (χ2n) is 4.81. The zero-order valence-corrected chi connectivity index (χ0v) is 10.4. The first kappa shape index (κ1) is 12.4. The molecule has 0 bridgehead atoms. The summed E-state index contributed by atoms with van der Waals surface area (Å²) in [6.45, 7) is 5.41. The molecule has 2 atom stereocenters. The van der Waals surface area contributed by atoms with E-state index in [1.54, 1.807) is 0 Å². The van der Waals surface area contributed by atoms with Crippen LogP contribution in [0.2, 0.25) is 0 Å². The van der Waals surface area contributed by atoms with Crippen LogP contribution >= 0.6 is 0 Å². The van der Waals surface area contributed by atoms with E-state index >= 15 is 0 Å². The highest BCUT2D eigenvalue weighted by Crippen LogP contribution is 2.21. The third kappa shape index (κ3) is 3.20. The van der Waals surface area contributed by atoms with Crippen molar-refractivity contribution in [2.45, 2.75) is 38.4 Å². The van der Waals surface area contributed by atoms with E-state index in [1.807, 2.05) is 12.1 Å². The lowest BCUT2D eigenvalue weighted by atomic mass is 10.0. The first-order valence-corrected chi connectivity index (χ1v) is 6.19. The molecule has 3 nitrogen and oxygen atoms in total. The summed E-state index contributed by atoms with van der Waals surface area (Å²) in [4.78, 5) is 0. The van der Waals surface area contributed by atoms with Crippen molar-refractivity contribution >= 4 is 0 Å². The molecule has 1 aromatic carbocycles. The van der Waals surface area contributed by atoms with E-state index < -0.39 is 6.10 Å². The van der Waals surface area contributed by atoms with Crippen molar-refractivity contribution in [1.29, 1.82) is 0 Å². The number of aliphatic hydroxyl groups is 1. The number of hydrogen-bond acceptors (Lipinski definition) is 3. The summed E-state index contributed by atoms with van der Waals surface area (Å²) in [6, 6.07) is 8.04. The van der Waals surface area contributed by atoms with Crippen molar-refractivity contribution in [2.75, 3.05) is 13.2 Å². The fourth-order valence-electron chi connectivity index (χ4n) is 1.92. The maximum Gasteiger partial charge on any atom is 0.148 e. The molecule has 94 valence electrons. The molecule has 1 N–H and O–H groups in total. The maximum absolute atomic E-state index is 9.77. The highest BCUT2D eigenvalue weighted by atomic mass is 16.5. The average Bonchev–Trinajstić information content (AvgIpc) is 2.33. The van der Waals surface area contributed by atoms with Crippen molar-refractivity contribution in [1.82, 2.24) is 0 Å². The smallest absolute Gasteiger partial charge is 0.148 e. The number of benzene rings is 1. The van der Waals surface area contributed by atoms with Gasteiger partial charge in [-0.25, -0.2) is 0 Å². The van der Waals surface area contributed by atoms with Crippen LogP contribution in [0, 0.1) is 0 Å². The summed E-state index contributed by atoms with van der Waals surface area (Å²) in [5, 5.41) is 9.77. The van der Waals surface area contributed by atoms with Gasteiger partial charge in [0.05, 0.1) is 12.7 Å². The Balaban J connectivity index is 1.98. The van der Waals surface area contributed by atoms with Gasteiger partial charge in [0.2, 0.25) is 0 Å². The minimum absolute atomic E-state index is 0.242. The normalized spacial score (nSPS) is 24.9. The summed E-state index contributed by atoms with van der Waals surface area (Å²) in [5.41, 5.74) is 1.29. The van der Waals surface area contributed by atoms with Gasteiger partial charge < -0.3 is 14.6 Å². The van der Waals surface area contributed by atoms with E-state index in [1.165, 1.54) is 5.56 Å². The van der Waals surface area contributed by atoms with Crippen LogP contribution in [0.25, 0.3) is 0 Å². The SMILES string of the molecule is CC(C)c1ccc(OC2COCCC2O)cc1. The lowest BCUT2D eigenvalue weighted by molar-refractivity contribution is -0.0735. The number of ether oxygens (including phenoxy) is 2. The lowest BCUT2D eigenvalue weighted by Crippen LogP contribution is -2.40. The summed E-state index contributed by atoms with van der Waals surface area (Å²) < 4.78 is 11.0. The van der Waals surface area contributed by atoms with Crippen LogP contribution in [0.15, 0.2) is 24.3 Å². The Hall–Kier alpha value is -1.06. The molecule has 0 aromatic heterocycles. The van der Waals surface area contributed by atoms with Crippen LogP contribution in [0.5, 0.6) is 5.75 Å². The summed E-state index contributed by atoms with van der Waals surface area (Å²) in [6.07, 6.45) is -0.0171. The molecule has 3 heteroatoms. The van der Waals surface area contributed by atoms with Crippen LogP contribution in [0.3, 0.4) is 0 Å². The molecule has 1 aromatic rings. The number of rotatable bonds is 3. The largest absolute Gasteiger partial charge is 0.485 e. The van der Waals surface area contributed by atoms with E-state index in [4.69, 9.17) is 9.47 Å². The first-order valence-electron chi connectivity index (χ1n) is 6.19. The Labute approximate surface area is 102 Å². The van der Waals surface area contributed by atoms with Crippen LogP contribution in [-0.2, 0) is 4.74 Å². The zero-order chi connectivity index (χ0) is 12.3. The summed E-state index contributed by atoms with van der Waals surface area (Å²) >= 11 is 0. The van der Waals surface area contributed by atoms with Gasteiger partial charge in [-0.3, -0.25) is 0 Å². The molecule has 2 rings (SSSR count). The van der Waals surface area contributed by atoms with E-state index in [-0.39, 0.29) is 6.10 Å². The second-order valence-corrected chi connectivity index (χ2v) is 4.81. The maximum atomic E-state index is 9.77. The Morgan fingerprint density at radius 3 is 2.59 bits per heavy atom. The van der Waals surface area contributed by atoms with Crippen molar-refractivity contribution in [3.63, 3.8) is 0 Å². The fourth-order valence-corrected chi connectivity index (χ4v) is 1.92. The predicted octanol–water partition coefficient (Wildman–Crippen LogP) is 2.34. The average molecular weight is 236 g/mol. The predicted molar refractivity (Wildman–Crippen MR) is 66.4 cm³/mol.